The van der Waals surface area contributed by atoms with E-state index in [0.717, 1.165) is 13.1 Å². The minimum absolute atomic E-state index is 1.06. The van der Waals surface area contributed by atoms with Crippen LogP contribution in [0.2, 0.25) is 0 Å². The molecule has 0 saturated heterocycles. The summed E-state index contributed by atoms with van der Waals surface area (Å²) in [5.41, 5.74) is 2.69. The molecule has 0 aromatic heterocycles. The highest BCUT2D eigenvalue weighted by Gasteiger charge is 2.22. The Bertz CT molecular complexity index is 697. The zero-order chi connectivity index (χ0) is 18.4. The standard InChI is InChI=1S/C17H20N2S.H3O4P/c1-18(2)12-7-13-19-14-8-3-5-10-16(14)20-17-11-6-4-9-15(17)19;1-5(2,3)4/h3-6,8-11H,7,12-13H2,1-2H3;(H3,1,2,3,4). The molecular formula is C17H23N2O4PS. The molecule has 1 aliphatic rings. The SMILES string of the molecule is CN(C)CCCN1c2ccccc2Sc2ccccc21.O=P(O)(O)O. The molecule has 1 heterocycles. The summed E-state index contributed by atoms with van der Waals surface area (Å²) < 4.78 is 8.88. The average Bonchev–Trinajstić information content (AvgIpc) is 2.52. The lowest BCUT2D eigenvalue weighted by Crippen LogP contribution is -2.25. The molecule has 2 aromatic rings. The van der Waals surface area contributed by atoms with Crippen molar-refractivity contribution in [3.63, 3.8) is 0 Å². The van der Waals surface area contributed by atoms with Crippen molar-refractivity contribution in [1.82, 2.24) is 4.90 Å². The van der Waals surface area contributed by atoms with Gasteiger partial charge >= 0.3 is 7.82 Å². The average molecular weight is 382 g/mol. The molecular weight excluding hydrogens is 359 g/mol. The lowest BCUT2D eigenvalue weighted by atomic mass is 10.2. The Kier molecular flexibility index (Phi) is 7.07. The fourth-order valence-electron chi connectivity index (χ4n) is 2.57. The summed E-state index contributed by atoms with van der Waals surface area (Å²) in [7, 11) is -0.373. The first-order chi connectivity index (χ1) is 11.8. The van der Waals surface area contributed by atoms with Gasteiger partial charge in [0.2, 0.25) is 0 Å². The van der Waals surface area contributed by atoms with Crippen molar-refractivity contribution < 1.29 is 19.2 Å². The molecule has 0 unspecified atom stereocenters. The van der Waals surface area contributed by atoms with Crippen LogP contribution >= 0.6 is 19.6 Å². The second-order valence-electron chi connectivity index (χ2n) is 5.86. The van der Waals surface area contributed by atoms with Gasteiger partial charge in [-0.2, -0.15) is 0 Å². The number of rotatable bonds is 4. The summed E-state index contributed by atoms with van der Waals surface area (Å²) in [5, 5.41) is 0. The van der Waals surface area contributed by atoms with Gasteiger partial charge in [-0.15, -0.1) is 0 Å². The summed E-state index contributed by atoms with van der Waals surface area (Å²) in [6, 6.07) is 17.4. The molecule has 3 N–H and O–H groups in total. The van der Waals surface area contributed by atoms with Gasteiger partial charge in [0.15, 0.2) is 0 Å². The van der Waals surface area contributed by atoms with Gasteiger partial charge in [-0.3, -0.25) is 0 Å². The largest absolute Gasteiger partial charge is 0.466 e. The Morgan fingerprint density at radius 2 is 1.40 bits per heavy atom. The normalized spacial score (nSPS) is 13.0. The van der Waals surface area contributed by atoms with Crippen LogP contribution in [0.4, 0.5) is 11.4 Å². The number of para-hydroxylation sites is 2. The van der Waals surface area contributed by atoms with Crippen molar-refractivity contribution in [2.24, 2.45) is 0 Å². The molecule has 136 valence electrons. The van der Waals surface area contributed by atoms with E-state index in [2.05, 4.69) is 72.4 Å². The number of hydrogen-bond donors (Lipinski definition) is 3. The quantitative estimate of drug-likeness (QED) is 0.700. The van der Waals surface area contributed by atoms with Gasteiger partial charge < -0.3 is 24.5 Å². The van der Waals surface area contributed by atoms with E-state index in [1.807, 2.05) is 11.8 Å². The Balaban J connectivity index is 0.000000399. The van der Waals surface area contributed by atoms with Crippen LogP contribution in [0.15, 0.2) is 58.3 Å². The molecule has 25 heavy (non-hydrogen) atoms. The van der Waals surface area contributed by atoms with E-state index in [1.165, 1.54) is 27.6 Å². The molecule has 6 nitrogen and oxygen atoms in total. The third-order valence-electron chi connectivity index (χ3n) is 3.52. The zero-order valence-corrected chi connectivity index (χ0v) is 16.0. The van der Waals surface area contributed by atoms with Gasteiger partial charge in [0.05, 0.1) is 11.4 Å². The predicted molar refractivity (Wildman–Crippen MR) is 101 cm³/mol. The number of hydrogen-bond acceptors (Lipinski definition) is 4. The van der Waals surface area contributed by atoms with Crippen molar-refractivity contribution >= 4 is 31.0 Å². The maximum absolute atomic E-state index is 8.88. The van der Waals surface area contributed by atoms with Crippen LogP contribution in [0.5, 0.6) is 0 Å². The third kappa shape index (κ3) is 6.47. The monoisotopic (exact) mass is 382 g/mol. The summed E-state index contributed by atoms with van der Waals surface area (Å²) in [6.45, 7) is 2.18. The second kappa shape index (κ2) is 8.85. The van der Waals surface area contributed by atoms with Crippen molar-refractivity contribution in [1.29, 1.82) is 0 Å². The molecule has 0 fully saturated rings. The summed E-state index contributed by atoms with van der Waals surface area (Å²) in [6.07, 6.45) is 1.17. The van der Waals surface area contributed by atoms with E-state index in [9.17, 15) is 0 Å². The molecule has 0 saturated carbocycles. The minimum Gasteiger partial charge on any atom is -0.340 e. The lowest BCUT2D eigenvalue weighted by Gasteiger charge is -2.33. The maximum Gasteiger partial charge on any atom is 0.466 e. The molecule has 3 rings (SSSR count). The molecule has 0 aliphatic carbocycles. The first-order valence-electron chi connectivity index (χ1n) is 7.82. The molecule has 8 heteroatoms. The predicted octanol–water partition coefficient (Wildman–Crippen LogP) is 3.31. The van der Waals surface area contributed by atoms with Crippen LogP contribution in [0.3, 0.4) is 0 Å². The van der Waals surface area contributed by atoms with Crippen LogP contribution in [0.25, 0.3) is 0 Å². The highest BCUT2D eigenvalue weighted by Crippen LogP contribution is 2.47. The van der Waals surface area contributed by atoms with Crippen molar-refractivity contribution in [2.75, 3.05) is 32.1 Å². The minimum atomic E-state index is -4.64. The number of fused-ring (bicyclic) bond motifs is 2. The Hall–Kier alpha value is -1.34. The Morgan fingerprint density at radius 3 is 1.84 bits per heavy atom. The van der Waals surface area contributed by atoms with Gasteiger partial charge in [-0.25, -0.2) is 4.57 Å². The molecule has 0 bridgehead atoms. The second-order valence-corrected chi connectivity index (χ2v) is 7.97. The van der Waals surface area contributed by atoms with Crippen LogP contribution < -0.4 is 4.90 Å². The van der Waals surface area contributed by atoms with Crippen LogP contribution in [-0.2, 0) is 4.57 Å². The van der Waals surface area contributed by atoms with Gasteiger partial charge in [0.25, 0.3) is 0 Å². The zero-order valence-electron chi connectivity index (χ0n) is 14.2. The lowest BCUT2D eigenvalue weighted by molar-refractivity contribution is 0.275. The molecule has 1 aliphatic heterocycles. The highest BCUT2D eigenvalue weighted by atomic mass is 32.2. The highest BCUT2D eigenvalue weighted by molar-refractivity contribution is 7.99. The molecule has 2 aromatic carbocycles. The van der Waals surface area contributed by atoms with E-state index >= 15 is 0 Å². The van der Waals surface area contributed by atoms with E-state index in [0.29, 0.717) is 0 Å². The fourth-order valence-corrected chi connectivity index (χ4v) is 3.66. The van der Waals surface area contributed by atoms with E-state index in [4.69, 9.17) is 19.2 Å². The van der Waals surface area contributed by atoms with E-state index in [-0.39, 0.29) is 0 Å². The summed E-state index contributed by atoms with van der Waals surface area (Å²) >= 11 is 1.87. The number of phosphoric acid groups is 1. The molecule has 0 amide bonds. The topological polar surface area (TPSA) is 84.2 Å². The molecule has 0 radical (unpaired) electrons. The van der Waals surface area contributed by atoms with Crippen molar-refractivity contribution in [3.8, 4) is 0 Å². The molecule has 0 spiro atoms. The summed E-state index contributed by atoms with van der Waals surface area (Å²) in [5.74, 6) is 0. The van der Waals surface area contributed by atoms with E-state index < -0.39 is 7.82 Å². The number of nitrogens with zero attached hydrogens (tertiary/aromatic N) is 2. The van der Waals surface area contributed by atoms with E-state index in [1.54, 1.807) is 0 Å². The third-order valence-corrected chi connectivity index (χ3v) is 4.65. The van der Waals surface area contributed by atoms with Crippen LogP contribution in [0, 0.1) is 0 Å². The summed E-state index contributed by atoms with van der Waals surface area (Å²) in [4.78, 5) is 29.0. The Labute approximate surface area is 152 Å². The molecule has 0 atom stereocenters. The Morgan fingerprint density at radius 1 is 0.960 bits per heavy atom. The smallest absolute Gasteiger partial charge is 0.340 e. The van der Waals surface area contributed by atoms with Gasteiger partial charge in [0.1, 0.15) is 0 Å². The van der Waals surface area contributed by atoms with Crippen LogP contribution in [-0.4, -0.2) is 46.8 Å². The van der Waals surface area contributed by atoms with Gasteiger partial charge in [0, 0.05) is 16.3 Å². The maximum atomic E-state index is 8.88. The van der Waals surface area contributed by atoms with Gasteiger partial charge in [-0.1, -0.05) is 36.0 Å². The first-order valence-corrected chi connectivity index (χ1v) is 10.2. The van der Waals surface area contributed by atoms with Crippen molar-refractivity contribution in [2.45, 2.75) is 16.2 Å². The number of benzene rings is 2. The fraction of sp³-hybridized carbons (Fsp3) is 0.294. The van der Waals surface area contributed by atoms with Crippen LogP contribution in [0.1, 0.15) is 6.42 Å². The van der Waals surface area contributed by atoms with Gasteiger partial charge in [-0.05, 0) is 51.3 Å². The number of anilines is 2. The van der Waals surface area contributed by atoms with Crippen molar-refractivity contribution in [3.05, 3.63) is 48.5 Å². The first kappa shape index (κ1) is 20.0.